The molecule has 0 atom stereocenters. The van der Waals surface area contributed by atoms with Gasteiger partial charge in [-0.3, -0.25) is 0 Å². The van der Waals surface area contributed by atoms with Crippen LogP contribution in [-0.4, -0.2) is 15.1 Å². The molecule has 0 saturated carbocycles. The number of rotatable bonds is 2. The average Bonchev–Trinajstić information content (AvgIpc) is 2.44. The number of benzene rings is 1. The van der Waals surface area contributed by atoms with Crippen LogP contribution in [0.25, 0.3) is 0 Å². The van der Waals surface area contributed by atoms with E-state index in [1.807, 2.05) is 12.1 Å². The molecule has 2 N–H and O–H groups in total. The van der Waals surface area contributed by atoms with E-state index in [4.69, 9.17) is 10.5 Å². The van der Waals surface area contributed by atoms with Crippen molar-refractivity contribution in [1.29, 1.82) is 10.5 Å². The number of hydrogen-bond donors (Lipinski definition) is 2. The van der Waals surface area contributed by atoms with Crippen molar-refractivity contribution in [1.82, 2.24) is 9.97 Å². The normalized spacial score (nSPS) is 9.60. The smallest absolute Gasteiger partial charge is 0.183 e. The number of phenols is 1. The fourth-order valence-electron chi connectivity index (χ4n) is 1.39. The molecule has 0 spiro atoms. The van der Waals surface area contributed by atoms with Crippen molar-refractivity contribution in [3.8, 4) is 17.9 Å². The lowest BCUT2D eigenvalue weighted by atomic mass is 10.3. The van der Waals surface area contributed by atoms with Crippen LogP contribution in [0.1, 0.15) is 11.4 Å². The van der Waals surface area contributed by atoms with Gasteiger partial charge in [-0.05, 0) is 44.0 Å². The third kappa shape index (κ3) is 2.87. The number of hydrogen-bond acceptors (Lipinski definition) is 6. The Morgan fingerprint density at radius 1 is 1.15 bits per heavy atom. The molecule has 0 radical (unpaired) electrons. The molecule has 0 saturated heterocycles. The summed E-state index contributed by atoms with van der Waals surface area (Å²) in [6, 6.07) is 6.97. The quantitative estimate of drug-likeness (QED) is 0.757. The molecule has 0 unspecified atom stereocenters. The van der Waals surface area contributed by atoms with Crippen LogP contribution in [0.5, 0.6) is 5.75 Å². The van der Waals surface area contributed by atoms with Gasteiger partial charge in [0.15, 0.2) is 17.2 Å². The second-order valence-electron chi connectivity index (χ2n) is 3.59. The molecule has 6 nitrogen and oxygen atoms in total. The van der Waals surface area contributed by atoms with Crippen LogP contribution < -0.4 is 5.32 Å². The molecule has 20 heavy (non-hydrogen) atoms. The highest BCUT2D eigenvalue weighted by Gasteiger charge is 2.10. The number of halogens is 2. The van der Waals surface area contributed by atoms with Gasteiger partial charge < -0.3 is 10.4 Å². The van der Waals surface area contributed by atoms with E-state index in [0.29, 0.717) is 14.6 Å². The molecule has 2 aromatic rings. The van der Waals surface area contributed by atoms with E-state index in [-0.39, 0.29) is 23.0 Å². The lowest BCUT2D eigenvalue weighted by molar-refractivity contribution is 0.468. The third-order valence-electron chi connectivity index (χ3n) is 2.27. The molecule has 2 rings (SSSR count). The standard InChI is InChI=1S/C12H5Br2N5O/c13-8-1-6(2-9(14)11(8)20)18-12-10(4-16)17-5-7(3-15)19-12/h1-2,5,20H,(H,18,19). The largest absolute Gasteiger partial charge is 0.506 e. The van der Waals surface area contributed by atoms with E-state index >= 15 is 0 Å². The molecule has 1 aromatic carbocycles. The van der Waals surface area contributed by atoms with Gasteiger partial charge in [-0.15, -0.1) is 0 Å². The van der Waals surface area contributed by atoms with Crippen LogP contribution >= 0.6 is 31.9 Å². The zero-order valence-electron chi connectivity index (χ0n) is 9.72. The van der Waals surface area contributed by atoms with Crippen molar-refractivity contribution in [3.63, 3.8) is 0 Å². The SMILES string of the molecule is N#Cc1cnc(C#N)c(Nc2cc(Br)c(O)c(Br)c2)n1. The van der Waals surface area contributed by atoms with E-state index in [9.17, 15) is 5.11 Å². The first-order valence-electron chi connectivity index (χ1n) is 5.17. The fraction of sp³-hybridized carbons (Fsp3) is 0. The summed E-state index contributed by atoms with van der Waals surface area (Å²) in [6.07, 6.45) is 1.23. The minimum Gasteiger partial charge on any atom is -0.506 e. The number of nitriles is 2. The van der Waals surface area contributed by atoms with Gasteiger partial charge >= 0.3 is 0 Å². The molecule has 0 aliphatic heterocycles. The van der Waals surface area contributed by atoms with Crippen molar-refractivity contribution in [2.45, 2.75) is 0 Å². The maximum atomic E-state index is 9.63. The summed E-state index contributed by atoms with van der Waals surface area (Å²) >= 11 is 6.40. The Morgan fingerprint density at radius 3 is 2.35 bits per heavy atom. The van der Waals surface area contributed by atoms with Gasteiger partial charge in [0.1, 0.15) is 17.9 Å². The van der Waals surface area contributed by atoms with E-state index in [2.05, 4.69) is 47.1 Å². The van der Waals surface area contributed by atoms with E-state index < -0.39 is 0 Å². The molecule has 0 aliphatic rings. The van der Waals surface area contributed by atoms with Gasteiger partial charge in [-0.1, -0.05) is 0 Å². The highest BCUT2D eigenvalue weighted by Crippen LogP contribution is 2.36. The zero-order valence-corrected chi connectivity index (χ0v) is 12.9. The highest BCUT2D eigenvalue weighted by molar-refractivity contribution is 9.11. The second kappa shape index (κ2) is 5.87. The lowest BCUT2D eigenvalue weighted by Gasteiger charge is -2.09. The minimum absolute atomic E-state index is 0.0629. The lowest BCUT2D eigenvalue weighted by Crippen LogP contribution is -2.01. The Kier molecular flexibility index (Phi) is 4.18. The molecular weight excluding hydrogens is 390 g/mol. The first-order chi connectivity index (χ1) is 9.55. The van der Waals surface area contributed by atoms with E-state index in [1.165, 1.54) is 6.20 Å². The monoisotopic (exact) mass is 393 g/mol. The van der Waals surface area contributed by atoms with Crippen molar-refractivity contribution >= 4 is 43.4 Å². The predicted molar refractivity (Wildman–Crippen MR) is 78.3 cm³/mol. The Hall–Kier alpha value is -2.16. The summed E-state index contributed by atoms with van der Waals surface area (Å²) in [5.41, 5.74) is 0.746. The molecule has 0 fully saturated rings. The van der Waals surface area contributed by atoms with Crippen LogP contribution in [0, 0.1) is 22.7 Å². The van der Waals surface area contributed by atoms with Gasteiger partial charge in [-0.25, -0.2) is 9.97 Å². The van der Waals surface area contributed by atoms with Gasteiger partial charge in [0.05, 0.1) is 15.1 Å². The molecular formula is C12H5Br2N5O. The predicted octanol–water partition coefficient (Wildman–Crippen LogP) is 3.19. The molecule has 1 heterocycles. The number of aromatic nitrogens is 2. The summed E-state index contributed by atoms with van der Waals surface area (Å²) in [6.45, 7) is 0. The topological polar surface area (TPSA) is 106 Å². The maximum Gasteiger partial charge on any atom is 0.183 e. The average molecular weight is 395 g/mol. The van der Waals surface area contributed by atoms with Crippen LogP contribution in [-0.2, 0) is 0 Å². The molecule has 0 aliphatic carbocycles. The summed E-state index contributed by atoms with van der Waals surface area (Å²) in [5.74, 6) is 0.240. The van der Waals surface area contributed by atoms with Crippen molar-refractivity contribution in [3.05, 3.63) is 38.7 Å². The minimum atomic E-state index is 0.0629. The number of nitrogens with one attached hydrogen (secondary N) is 1. The fourth-order valence-corrected chi connectivity index (χ4v) is 2.57. The molecule has 1 aromatic heterocycles. The third-order valence-corrected chi connectivity index (χ3v) is 3.48. The summed E-state index contributed by atoms with van der Waals surface area (Å²) in [4.78, 5) is 7.83. The Balaban J connectivity index is 2.45. The van der Waals surface area contributed by atoms with Crippen LogP contribution in [0.4, 0.5) is 11.5 Å². The van der Waals surface area contributed by atoms with E-state index in [1.54, 1.807) is 12.1 Å². The van der Waals surface area contributed by atoms with Crippen LogP contribution in [0.15, 0.2) is 27.3 Å². The van der Waals surface area contributed by atoms with Crippen molar-refractivity contribution in [2.75, 3.05) is 5.32 Å². The van der Waals surface area contributed by atoms with E-state index in [0.717, 1.165) is 0 Å². The zero-order chi connectivity index (χ0) is 14.7. The van der Waals surface area contributed by atoms with Gasteiger partial charge in [0, 0.05) is 5.69 Å². The van der Waals surface area contributed by atoms with Crippen molar-refractivity contribution in [2.24, 2.45) is 0 Å². The summed E-state index contributed by atoms with van der Waals surface area (Å²) in [7, 11) is 0. The van der Waals surface area contributed by atoms with Crippen LogP contribution in [0.3, 0.4) is 0 Å². The maximum absolute atomic E-state index is 9.63. The van der Waals surface area contributed by atoms with Gasteiger partial charge in [-0.2, -0.15) is 10.5 Å². The molecule has 0 bridgehead atoms. The van der Waals surface area contributed by atoms with Gasteiger partial charge in [0.2, 0.25) is 0 Å². The summed E-state index contributed by atoms with van der Waals surface area (Å²) in [5, 5.41) is 30.3. The van der Waals surface area contributed by atoms with Crippen molar-refractivity contribution < 1.29 is 5.11 Å². The second-order valence-corrected chi connectivity index (χ2v) is 5.30. The van der Waals surface area contributed by atoms with Gasteiger partial charge in [0.25, 0.3) is 0 Å². The Morgan fingerprint density at radius 2 is 1.80 bits per heavy atom. The first kappa shape index (κ1) is 14.3. The Bertz CT molecular complexity index is 740. The first-order valence-corrected chi connectivity index (χ1v) is 6.76. The molecule has 98 valence electrons. The molecule has 0 amide bonds. The Labute approximate surface area is 131 Å². The summed E-state index contributed by atoms with van der Waals surface area (Å²) < 4.78 is 0.939. The number of phenolic OH excluding ortho intramolecular Hbond substituents is 1. The number of anilines is 2. The number of nitrogens with zero attached hydrogens (tertiary/aromatic N) is 4. The number of aromatic hydroxyl groups is 1. The van der Waals surface area contributed by atoms with Crippen LogP contribution in [0.2, 0.25) is 0 Å². The highest BCUT2D eigenvalue weighted by atomic mass is 79.9. The molecule has 8 heteroatoms.